The Morgan fingerprint density at radius 1 is 1.12 bits per heavy atom. The molecule has 0 aliphatic rings. The molecular formula is C12H13N3O. The summed E-state index contributed by atoms with van der Waals surface area (Å²) in [5.41, 5.74) is 8.24. The Morgan fingerprint density at radius 2 is 1.88 bits per heavy atom. The summed E-state index contributed by atoms with van der Waals surface area (Å²) in [6.07, 6.45) is 3.22. The lowest BCUT2D eigenvalue weighted by atomic mass is 10.2. The van der Waals surface area contributed by atoms with E-state index in [1.54, 1.807) is 12.4 Å². The fraction of sp³-hybridized carbons (Fsp3) is 0.167. The summed E-state index contributed by atoms with van der Waals surface area (Å²) in [4.78, 5) is 8.20. The van der Waals surface area contributed by atoms with Crippen molar-refractivity contribution in [1.82, 2.24) is 9.97 Å². The molecule has 0 aliphatic heterocycles. The first-order valence-electron chi connectivity index (χ1n) is 4.98. The van der Waals surface area contributed by atoms with Crippen molar-refractivity contribution in [2.75, 3.05) is 5.73 Å². The third-order valence-electron chi connectivity index (χ3n) is 2.21. The number of aromatic nitrogens is 2. The van der Waals surface area contributed by atoms with Crippen LogP contribution in [-0.4, -0.2) is 9.97 Å². The molecule has 0 unspecified atom stereocenters. The molecule has 1 heterocycles. The van der Waals surface area contributed by atoms with Crippen molar-refractivity contribution < 1.29 is 4.74 Å². The van der Waals surface area contributed by atoms with Crippen molar-refractivity contribution in [3.05, 3.63) is 41.9 Å². The Bertz CT molecular complexity index is 511. The van der Waals surface area contributed by atoms with Crippen LogP contribution in [0.4, 0.5) is 5.69 Å². The molecule has 0 spiro atoms. The Kier molecular flexibility index (Phi) is 2.72. The molecule has 1 aromatic heterocycles. The van der Waals surface area contributed by atoms with Gasteiger partial charge in [-0.15, -0.1) is 0 Å². The molecule has 0 atom stereocenters. The van der Waals surface area contributed by atoms with Crippen LogP contribution in [0, 0.1) is 13.8 Å². The molecule has 0 bridgehead atoms. The van der Waals surface area contributed by atoms with Gasteiger partial charge in [0, 0.05) is 12.4 Å². The van der Waals surface area contributed by atoms with Crippen molar-refractivity contribution in [3.8, 4) is 11.6 Å². The third-order valence-corrected chi connectivity index (χ3v) is 2.21. The van der Waals surface area contributed by atoms with E-state index in [0.717, 1.165) is 11.3 Å². The summed E-state index contributed by atoms with van der Waals surface area (Å²) in [7, 11) is 0. The van der Waals surface area contributed by atoms with Crippen LogP contribution >= 0.6 is 0 Å². The van der Waals surface area contributed by atoms with Gasteiger partial charge >= 0.3 is 0 Å². The second-order valence-electron chi connectivity index (χ2n) is 3.59. The minimum atomic E-state index is 0.486. The number of nitrogen functional groups attached to an aromatic ring is 1. The monoisotopic (exact) mass is 215 g/mol. The molecule has 4 nitrogen and oxygen atoms in total. The van der Waals surface area contributed by atoms with E-state index < -0.39 is 0 Å². The molecule has 82 valence electrons. The van der Waals surface area contributed by atoms with Crippen LogP contribution in [0.3, 0.4) is 0 Å². The normalized spacial score (nSPS) is 10.1. The second kappa shape index (κ2) is 4.18. The topological polar surface area (TPSA) is 61.0 Å². The molecular weight excluding hydrogens is 202 g/mol. The zero-order chi connectivity index (χ0) is 11.5. The smallest absolute Gasteiger partial charge is 0.240 e. The van der Waals surface area contributed by atoms with E-state index in [9.17, 15) is 0 Å². The average Bonchev–Trinajstić information content (AvgIpc) is 2.27. The van der Waals surface area contributed by atoms with Crippen LogP contribution in [0.1, 0.15) is 11.3 Å². The van der Waals surface area contributed by atoms with Crippen LogP contribution in [-0.2, 0) is 0 Å². The van der Waals surface area contributed by atoms with Crippen molar-refractivity contribution in [2.45, 2.75) is 13.8 Å². The summed E-state index contributed by atoms with van der Waals surface area (Å²) < 4.78 is 5.62. The molecule has 2 aromatic rings. The number of hydrogen-bond donors (Lipinski definition) is 1. The highest BCUT2D eigenvalue weighted by atomic mass is 16.5. The predicted molar refractivity (Wildman–Crippen MR) is 62.4 cm³/mol. The van der Waals surface area contributed by atoms with Crippen molar-refractivity contribution in [2.24, 2.45) is 0 Å². The van der Waals surface area contributed by atoms with Gasteiger partial charge in [-0.05, 0) is 31.5 Å². The van der Waals surface area contributed by atoms with E-state index in [1.807, 2.05) is 32.0 Å². The van der Waals surface area contributed by atoms with Crippen molar-refractivity contribution in [3.63, 3.8) is 0 Å². The maximum absolute atomic E-state index is 5.81. The number of nitrogens with two attached hydrogens (primary N) is 1. The minimum absolute atomic E-state index is 0.486. The summed E-state index contributed by atoms with van der Waals surface area (Å²) in [6.45, 7) is 3.82. The van der Waals surface area contributed by atoms with Gasteiger partial charge in [0.15, 0.2) is 5.75 Å². The van der Waals surface area contributed by atoms with Crippen LogP contribution in [0.25, 0.3) is 0 Å². The standard InChI is InChI=1S/C12H13N3O/c1-8-3-4-10(13)11(7-8)16-12-9(2)14-5-6-15-12/h3-7H,13H2,1-2H3. The van der Waals surface area contributed by atoms with Crippen LogP contribution < -0.4 is 10.5 Å². The number of ether oxygens (including phenoxy) is 1. The van der Waals surface area contributed by atoms with Gasteiger partial charge in [-0.25, -0.2) is 4.98 Å². The molecule has 0 saturated carbocycles. The Balaban J connectivity index is 2.34. The Morgan fingerprint density at radius 3 is 2.62 bits per heavy atom. The molecule has 0 fully saturated rings. The predicted octanol–water partition coefficient (Wildman–Crippen LogP) is 2.47. The van der Waals surface area contributed by atoms with E-state index in [-0.39, 0.29) is 0 Å². The first kappa shape index (κ1) is 10.4. The molecule has 2 N–H and O–H groups in total. The second-order valence-corrected chi connectivity index (χ2v) is 3.59. The van der Waals surface area contributed by atoms with Crippen LogP contribution in [0.2, 0.25) is 0 Å². The zero-order valence-corrected chi connectivity index (χ0v) is 9.27. The van der Waals surface area contributed by atoms with Gasteiger partial charge in [0.1, 0.15) is 0 Å². The maximum Gasteiger partial charge on any atom is 0.240 e. The number of anilines is 1. The lowest BCUT2D eigenvalue weighted by molar-refractivity contribution is 0.457. The van der Waals surface area contributed by atoms with Gasteiger partial charge in [0.05, 0.1) is 11.4 Å². The average molecular weight is 215 g/mol. The Labute approximate surface area is 94.1 Å². The molecule has 0 radical (unpaired) electrons. The summed E-state index contributed by atoms with van der Waals surface area (Å²) in [5, 5.41) is 0. The minimum Gasteiger partial charge on any atom is -0.435 e. The zero-order valence-electron chi connectivity index (χ0n) is 9.27. The van der Waals surface area contributed by atoms with Crippen molar-refractivity contribution in [1.29, 1.82) is 0 Å². The number of aryl methyl sites for hydroxylation is 2. The lowest BCUT2D eigenvalue weighted by Gasteiger charge is -2.09. The molecule has 16 heavy (non-hydrogen) atoms. The SMILES string of the molecule is Cc1ccc(N)c(Oc2nccnc2C)c1. The van der Waals surface area contributed by atoms with Gasteiger partial charge < -0.3 is 10.5 Å². The van der Waals surface area contributed by atoms with E-state index >= 15 is 0 Å². The van der Waals surface area contributed by atoms with E-state index in [4.69, 9.17) is 10.5 Å². The van der Waals surface area contributed by atoms with Crippen molar-refractivity contribution >= 4 is 5.69 Å². The molecule has 2 rings (SSSR count). The van der Waals surface area contributed by atoms with Gasteiger partial charge in [-0.1, -0.05) is 6.07 Å². The first-order chi connectivity index (χ1) is 7.66. The number of rotatable bonds is 2. The Hall–Kier alpha value is -2.10. The summed E-state index contributed by atoms with van der Waals surface area (Å²) in [6, 6.07) is 5.63. The molecule has 4 heteroatoms. The highest BCUT2D eigenvalue weighted by Crippen LogP contribution is 2.27. The number of nitrogens with zero attached hydrogens (tertiary/aromatic N) is 2. The molecule has 1 aromatic carbocycles. The van der Waals surface area contributed by atoms with Gasteiger partial charge in [-0.2, -0.15) is 0 Å². The highest BCUT2D eigenvalue weighted by molar-refractivity contribution is 5.55. The third kappa shape index (κ3) is 2.11. The van der Waals surface area contributed by atoms with E-state index in [2.05, 4.69) is 9.97 Å². The number of hydrogen-bond acceptors (Lipinski definition) is 4. The fourth-order valence-corrected chi connectivity index (χ4v) is 1.33. The summed E-state index contributed by atoms with van der Waals surface area (Å²) >= 11 is 0. The highest BCUT2D eigenvalue weighted by Gasteiger charge is 2.06. The fourth-order valence-electron chi connectivity index (χ4n) is 1.33. The van der Waals surface area contributed by atoms with E-state index in [0.29, 0.717) is 17.3 Å². The first-order valence-corrected chi connectivity index (χ1v) is 4.98. The van der Waals surface area contributed by atoms with Gasteiger partial charge in [0.2, 0.25) is 5.88 Å². The molecule has 0 aliphatic carbocycles. The lowest BCUT2D eigenvalue weighted by Crippen LogP contribution is -1.96. The maximum atomic E-state index is 5.81. The quantitative estimate of drug-likeness (QED) is 0.782. The largest absolute Gasteiger partial charge is 0.435 e. The van der Waals surface area contributed by atoms with Crippen LogP contribution in [0.5, 0.6) is 11.6 Å². The molecule has 0 amide bonds. The van der Waals surface area contributed by atoms with E-state index in [1.165, 1.54) is 0 Å². The molecule has 0 saturated heterocycles. The number of benzene rings is 1. The summed E-state index contributed by atoms with van der Waals surface area (Å²) in [5.74, 6) is 1.10. The van der Waals surface area contributed by atoms with Gasteiger partial charge in [-0.3, -0.25) is 4.98 Å². The van der Waals surface area contributed by atoms with Gasteiger partial charge in [0.25, 0.3) is 0 Å². The van der Waals surface area contributed by atoms with Crippen LogP contribution in [0.15, 0.2) is 30.6 Å².